The molecule has 0 aliphatic rings. The molecule has 11 heteroatoms. The van der Waals surface area contributed by atoms with E-state index in [2.05, 4.69) is 5.32 Å². The van der Waals surface area contributed by atoms with Crippen molar-refractivity contribution in [2.45, 2.75) is 25.9 Å². The minimum atomic E-state index is -3.92. The highest BCUT2D eigenvalue weighted by molar-refractivity contribution is 7.92. The van der Waals surface area contributed by atoms with Gasteiger partial charge < -0.3 is 14.8 Å². The Labute approximate surface area is 181 Å². The van der Waals surface area contributed by atoms with E-state index in [1.54, 1.807) is 25.1 Å². The molecular formula is C20H25N3O7S. The van der Waals surface area contributed by atoms with Crippen LogP contribution in [0.5, 0.6) is 11.5 Å². The van der Waals surface area contributed by atoms with Gasteiger partial charge in [0, 0.05) is 17.7 Å². The first-order valence-electron chi connectivity index (χ1n) is 9.25. The molecule has 2 rings (SSSR count). The van der Waals surface area contributed by atoms with Gasteiger partial charge >= 0.3 is 0 Å². The Kier molecular flexibility index (Phi) is 7.45. The molecule has 0 saturated carbocycles. The maximum Gasteiger partial charge on any atom is 0.271 e. The number of carbonyl (C=O) groups excluding carboxylic acids is 1. The van der Waals surface area contributed by atoms with Crippen molar-refractivity contribution in [1.29, 1.82) is 0 Å². The van der Waals surface area contributed by atoms with Crippen molar-refractivity contribution in [1.82, 2.24) is 5.32 Å². The molecule has 0 aliphatic heterocycles. The van der Waals surface area contributed by atoms with Gasteiger partial charge in [-0.05, 0) is 38.1 Å². The summed E-state index contributed by atoms with van der Waals surface area (Å²) in [7, 11) is -0.913. The lowest BCUT2D eigenvalue weighted by Gasteiger charge is -2.29. The molecule has 0 fully saturated rings. The van der Waals surface area contributed by atoms with Gasteiger partial charge in [-0.15, -0.1) is 0 Å². The van der Waals surface area contributed by atoms with E-state index in [1.165, 1.54) is 39.3 Å². The van der Waals surface area contributed by atoms with Gasteiger partial charge in [0.05, 0.1) is 37.1 Å². The lowest BCUT2D eigenvalue weighted by atomic mass is 10.1. The fraction of sp³-hybridized carbons (Fsp3) is 0.350. The Bertz CT molecular complexity index is 1070. The molecule has 0 bridgehead atoms. The average molecular weight is 452 g/mol. The van der Waals surface area contributed by atoms with Gasteiger partial charge in [0.2, 0.25) is 15.9 Å². The standard InChI is InChI=1S/C20H25N3O7S/c1-13(18-12-17(29-3)9-10-19(18)30-4)21-20(24)14(2)22(31(5,27)28)15-7-6-8-16(11-15)23(25)26/h6-14H,1-5H3,(H,21,24)/t13-,14-/m1/s1. The topological polar surface area (TPSA) is 128 Å². The molecule has 0 radical (unpaired) electrons. The number of sulfonamides is 1. The summed E-state index contributed by atoms with van der Waals surface area (Å²) >= 11 is 0. The molecule has 2 aromatic rings. The summed E-state index contributed by atoms with van der Waals surface area (Å²) in [5.74, 6) is 0.508. The number of nitro benzene ring substituents is 1. The SMILES string of the molecule is COc1ccc(OC)c([C@@H](C)NC(=O)[C@@H](C)N(c2cccc([N+](=O)[O-])c2)S(C)(=O)=O)c1. The van der Waals surface area contributed by atoms with Crippen molar-refractivity contribution in [3.63, 3.8) is 0 Å². The van der Waals surface area contributed by atoms with Crippen LogP contribution in [0.15, 0.2) is 42.5 Å². The van der Waals surface area contributed by atoms with Crippen LogP contribution in [0.1, 0.15) is 25.5 Å². The predicted octanol–water partition coefficient (Wildman–Crippen LogP) is 2.64. The van der Waals surface area contributed by atoms with Gasteiger partial charge in [0.15, 0.2) is 0 Å². The van der Waals surface area contributed by atoms with Crippen molar-refractivity contribution in [3.05, 3.63) is 58.1 Å². The molecular weight excluding hydrogens is 426 g/mol. The van der Waals surface area contributed by atoms with E-state index in [-0.39, 0.29) is 11.4 Å². The van der Waals surface area contributed by atoms with Crippen molar-refractivity contribution >= 4 is 27.3 Å². The van der Waals surface area contributed by atoms with Gasteiger partial charge in [-0.25, -0.2) is 8.42 Å². The molecule has 1 amide bonds. The maximum absolute atomic E-state index is 12.9. The van der Waals surface area contributed by atoms with E-state index in [0.717, 1.165) is 16.6 Å². The van der Waals surface area contributed by atoms with Gasteiger partial charge in [-0.1, -0.05) is 6.07 Å². The number of anilines is 1. The molecule has 168 valence electrons. The lowest BCUT2D eigenvalue weighted by molar-refractivity contribution is -0.384. The van der Waals surface area contributed by atoms with E-state index >= 15 is 0 Å². The number of hydrogen-bond acceptors (Lipinski definition) is 7. The number of non-ortho nitro benzene ring substituents is 1. The largest absolute Gasteiger partial charge is 0.497 e. The highest BCUT2D eigenvalue weighted by Gasteiger charge is 2.31. The smallest absolute Gasteiger partial charge is 0.271 e. The molecule has 10 nitrogen and oxygen atoms in total. The third kappa shape index (κ3) is 5.63. The minimum absolute atomic E-state index is 0.0194. The van der Waals surface area contributed by atoms with Crippen molar-refractivity contribution in [2.24, 2.45) is 0 Å². The second kappa shape index (κ2) is 9.65. The molecule has 0 spiro atoms. The van der Waals surface area contributed by atoms with Crippen LogP contribution < -0.4 is 19.1 Å². The monoisotopic (exact) mass is 451 g/mol. The van der Waals surface area contributed by atoms with E-state index in [4.69, 9.17) is 9.47 Å². The molecule has 2 aromatic carbocycles. The number of amides is 1. The fourth-order valence-electron chi connectivity index (χ4n) is 3.14. The Morgan fingerprint density at radius 3 is 2.35 bits per heavy atom. The Morgan fingerprint density at radius 1 is 1.13 bits per heavy atom. The van der Waals surface area contributed by atoms with Gasteiger partial charge in [-0.3, -0.25) is 19.2 Å². The number of ether oxygens (including phenoxy) is 2. The van der Waals surface area contributed by atoms with Crippen LogP contribution in [0.3, 0.4) is 0 Å². The molecule has 1 N–H and O–H groups in total. The molecule has 31 heavy (non-hydrogen) atoms. The minimum Gasteiger partial charge on any atom is -0.497 e. The second-order valence-electron chi connectivity index (χ2n) is 6.85. The third-order valence-electron chi connectivity index (χ3n) is 4.65. The van der Waals surface area contributed by atoms with Crippen LogP contribution >= 0.6 is 0 Å². The summed E-state index contributed by atoms with van der Waals surface area (Å²) in [5, 5.41) is 13.8. The number of benzene rings is 2. The molecule has 0 unspecified atom stereocenters. The Morgan fingerprint density at radius 2 is 1.81 bits per heavy atom. The Hall–Kier alpha value is -3.34. The summed E-state index contributed by atoms with van der Waals surface area (Å²) in [5.41, 5.74) is 0.378. The van der Waals surface area contributed by atoms with Gasteiger partial charge in [0.25, 0.3) is 5.69 Å². The number of nitro groups is 1. The average Bonchev–Trinajstić information content (AvgIpc) is 2.72. The Balaban J connectivity index is 2.35. The van der Waals surface area contributed by atoms with Crippen molar-refractivity contribution < 1.29 is 27.6 Å². The van der Waals surface area contributed by atoms with E-state index in [0.29, 0.717) is 17.1 Å². The van der Waals surface area contributed by atoms with Gasteiger partial charge in [0.1, 0.15) is 17.5 Å². The maximum atomic E-state index is 12.9. The van der Waals surface area contributed by atoms with Crippen LogP contribution in [-0.2, 0) is 14.8 Å². The summed E-state index contributed by atoms with van der Waals surface area (Å²) in [4.78, 5) is 23.4. The number of rotatable bonds is 9. The number of nitrogens with one attached hydrogen (secondary N) is 1. The predicted molar refractivity (Wildman–Crippen MR) is 116 cm³/mol. The third-order valence-corrected chi connectivity index (χ3v) is 5.89. The highest BCUT2D eigenvalue weighted by Crippen LogP contribution is 2.30. The summed E-state index contributed by atoms with van der Waals surface area (Å²) < 4.78 is 36.3. The molecule has 0 aromatic heterocycles. The first-order chi connectivity index (χ1) is 14.5. The first-order valence-corrected chi connectivity index (χ1v) is 11.1. The van der Waals surface area contributed by atoms with Crippen molar-refractivity contribution in [3.8, 4) is 11.5 Å². The fourth-order valence-corrected chi connectivity index (χ4v) is 4.31. The first kappa shape index (κ1) is 23.9. The molecule has 0 aliphatic carbocycles. The highest BCUT2D eigenvalue weighted by atomic mass is 32.2. The van der Waals surface area contributed by atoms with E-state index in [1.807, 2.05) is 0 Å². The summed E-state index contributed by atoms with van der Waals surface area (Å²) in [6.07, 6.45) is 0.935. The van der Waals surface area contributed by atoms with Crippen LogP contribution in [-0.4, -0.2) is 45.8 Å². The summed E-state index contributed by atoms with van der Waals surface area (Å²) in [6, 6.07) is 8.53. The van der Waals surface area contributed by atoms with Crippen LogP contribution in [0, 0.1) is 10.1 Å². The number of carbonyl (C=O) groups is 1. The number of nitrogens with zero attached hydrogens (tertiary/aromatic N) is 2. The normalized spacial score (nSPS) is 13.1. The van der Waals surface area contributed by atoms with Crippen LogP contribution in [0.4, 0.5) is 11.4 Å². The van der Waals surface area contributed by atoms with E-state index < -0.39 is 32.9 Å². The zero-order valence-corrected chi connectivity index (χ0v) is 18.7. The van der Waals surface area contributed by atoms with E-state index in [9.17, 15) is 23.3 Å². The molecule has 0 heterocycles. The summed E-state index contributed by atoms with van der Waals surface area (Å²) in [6.45, 7) is 3.13. The van der Waals surface area contributed by atoms with Gasteiger partial charge in [-0.2, -0.15) is 0 Å². The number of methoxy groups -OCH3 is 2. The van der Waals surface area contributed by atoms with Crippen LogP contribution in [0.2, 0.25) is 0 Å². The number of hydrogen-bond donors (Lipinski definition) is 1. The molecule has 2 atom stereocenters. The quantitative estimate of drug-likeness (QED) is 0.458. The zero-order chi connectivity index (χ0) is 23.3. The lowest BCUT2D eigenvalue weighted by Crippen LogP contribution is -2.48. The second-order valence-corrected chi connectivity index (χ2v) is 8.71. The zero-order valence-electron chi connectivity index (χ0n) is 17.9. The van der Waals surface area contributed by atoms with Crippen LogP contribution in [0.25, 0.3) is 0 Å². The van der Waals surface area contributed by atoms with Crippen molar-refractivity contribution in [2.75, 3.05) is 24.8 Å². The molecule has 0 saturated heterocycles.